The van der Waals surface area contributed by atoms with E-state index in [1.54, 1.807) is 23.4 Å². The molecular weight excluding hydrogens is 348 g/mol. The highest BCUT2D eigenvalue weighted by molar-refractivity contribution is 6.08. The Bertz CT molecular complexity index is 932. The number of hydrogen-bond donors (Lipinski definition) is 3. The maximum absolute atomic E-state index is 12.8. The van der Waals surface area contributed by atoms with Crippen LogP contribution in [-0.2, 0) is 11.3 Å². The second-order valence-corrected chi connectivity index (χ2v) is 6.74. The van der Waals surface area contributed by atoms with Crippen molar-refractivity contribution in [2.75, 3.05) is 18.4 Å². The molecule has 2 aliphatic heterocycles. The summed E-state index contributed by atoms with van der Waals surface area (Å²) in [5.74, 6) is -0.314. The number of carbonyl (C=O) groups excluding carboxylic acids is 3. The minimum atomic E-state index is -1.30. The highest BCUT2D eigenvalue weighted by Gasteiger charge is 2.49. The van der Waals surface area contributed by atoms with E-state index in [0.717, 1.165) is 11.1 Å². The lowest BCUT2D eigenvalue weighted by molar-refractivity contribution is -0.124. The fourth-order valence-electron chi connectivity index (χ4n) is 3.37. The van der Waals surface area contributed by atoms with Gasteiger partial charge in [0.1, 0.15) is 0 Å². The van der Waals surface area contributed by atoms with Gasteiger partial charge in [-0.05, 0) is 24.6 Å². The molecular formula is C18H18N6O3. The molecule has 1 fully saturated rings. The standard InChI is InChI=1S/C18H18N6O3/c1-11-3-4-12-8-24(14(25)13(12)7-11)10-18(15(26)22-17(27)23-18)9-21-16-19-5-2-6-20-16/h2-7H,8-10H2,1H3,(H,19,20,21)(H2,22,23,26,27). The molecule has 4 amide bonds. The van der Waals surface area contributed by atoms with Crippen LogP contribution in [0, 0.1) is 6.92 Å². The third kappa shape index (κ3) is 3.07. The Labute approximate surface area is 155 Å². The number of aromatic nitrogens is 2. The van der Waals surface area contributed by atoms with Gasteiger partial charge in [0.15, 0.2) is 5.54 Å². The molecule has 0 saturated carbocycles. The molecule has 1 unspecified atom stereocenters. The minimum Gasteiger partial charge on any atom is -0.351 e. The number of rotatable bonds is 5. The first-order chi connectivity index (χ1) is 13.0. The van der Waals surface area contributed by atoms with E-state index in [-0.39, 0.29) is 19.0 Å². The van der Waals surface area contributed by atoms with E-state index in [4.69, 9.17) is 0 Å². The van der Waals surface area contributed by atoms with Crippen LogP contribution in [0.3, 0.4) is 0 Å². The van der Waals surface area contributed by atoms with E-state index in [0.29, 0.717) is 18.1 Å². The van der Waals surface area contributed by atoms with Crippen molar-refractivity contribution in [3.63, 3.8) is 0 Å². The molecule has 138 valence electrons. The first-order valence-corrected chi connectivity index (χ1v) is 8.50. The zero-order valence-electron chi connectivity index (χ0n) is 14.7. The predicted octanol–water partition coefficient (Wildman–Crippen LogP) is 0.431. The predicted molar refractivity (Wildman–Crippen MR) is 95.8 cm³/mol. The molecule has 9 nitrogen and oxygen atoms in total. The summed E-state index contributed by atoms with van der Waals surface area (Å²) in [6, 6.07) is 6.79. The second kappa shape index (κ2) is 6.35. The molecule has 1 saturated heterocycles. The zero-order chi connectivity index (χ0) is 19.0. The van der Waals surface area contributed by atoms with Crippen molar-refractivity contribution in [2.45, 2.75) is 19.0 Å². The van der Waals surface area contributed by atoms with Gasteiger partial charge in [-0.2, -0.15) is 0 Å². The Hall–Kier alpha value is -3.49. The number of nitrogens with one attached hydrogen (secondary N) is 3. The highest BCUT2D eigenvalue weighted by Crippen LogP contribution is 2.26. The van der Waals surface area contributed by atoms with Crippen LogP contribution in [0.5, 0.6) is 0 Å². The van der Waals surface area contributed by atoms with E-state index in [9.17, 15) is 14.4 Å². The molecule has 3 N–H and O–H groups in total. The number of imide groups is 1. The van der Waals surface area contributed by atoms with Gasteiger partial charge >= 0.3 is 6.03 Å². The fourth-order valence-corrected chi connectivity index (χ4v) is 3.37. The molecule has 4 rings (SSSR count). The molecule has 9 heteroatoms. The molecule has 1 aromatic heterocycles. The average molecular weight is 366 g/mol. The van der Waals surface area contributed by atoms with Gasteiger partial charge in [0.05, 0.1) is 13.1 Å². The van der Waals surface area contributed by atoms with Crippen LogP contribution < -0.4 is 16.0 Å². The van der Waals surface area contributed by atoms with Crippen LogP contribution in [0.2, 0.25) is 0 Å². The summed E-state index contributed by atoms with van der Waals surface area (Å²) in [6.45, 7) is 2.40. The van der Waals surface area contributed by atoms with Crippen molar-refractivity contribution >= 4 is 23.8 Å². The summed E-state index contributed by atoms with van der Waals surface area (Å²) in [5.41, 5.74) is 1.23. The van der Waals surface area contributed by atoms with E-state index in [2.05, 4.69) is 25.9 Å². The lowest BCUT2D eigenvalue weighted by atomic mass is 9.99. The normalized spacial score (nSPS) is 21.1. The van der Waals surface area contributed by atoms with Gasteiger partial charge in [0, 0.05) is 24.5 Å². The first-order valence-electron chi connectivity index (χ1n) is 8.50. The Balaban J connectivity index is 1.56. The van der Waals surface area contributed by atoms with Crippen LogP contribution in [-0.4, -0.2) is 51.3 Å². The Morgan fingerprint density at radius 3 is 2.70 bits per heavy atom. The monoisotopic (exact) mass is 366 g/mol. The number of nitrogens with zero attached hydrogens (tertiary/aromatic N) is 3. The molecule has 1 aromatic carbocycles. The molecule has 27 heavy (non-hydrogen) atoms. The van der Waals surface area contributed by atoms with Crippen LogP contribution in [0.25, 0.3) is 0 Å². The van der Waals surface area contributed by atoms with Crippen molar-refractivity contribution in [2.24, 2.45) is 0 Å². The van der Waals surface area contributed by atoms with Crippen LogP contribution in [0.1, 0.15) is 21.5 Å². The topological polar surface area (TPSA) is 116 Å². The van der Waals surface area contributed by atoms with Gasteiger partial charge in [-0.3, -0.25) is 14.9 Å². The largest absolute Gasteiger partial charge is 0.351 e. The van der Waals surface area contributed by atoms with Crippen molar-refractivity contribution in [1.29, 1.82) is 0 Å². The van der Waals surface area contributed by atoms with Gasteiger partial charge in [0.25, 0.3) is 11.8 Å². The van der Waals surface area contributed by atoms with Crippen LogP contribution in [0.15, 0.2) is 36.7 Å². The van der Waals surface area contributed by atoms with Gasteiger partial charge in [-0.1, -0.05) is 17.7 Å². The SMILES string of the molecule is Cc1ccc2c(c1)C(=O)N(CC1(CNc3ncccn3)NC(=O)NC1=O)C2. The van der Waals surface area contributed by atoms with Gasteiger partial charge in [-0.25, -0.2) is 14.8 Å². The van der Waals surface area contributed by atoms with Crippen LogP contribution in [0.4, 0.5) is 10.7 Å². The molecule has 3 heterocycles. The number of aryl methyl sites for hydroxylation is 1. The van der Waals surface area contributed by atoms with E-state index < -0.39 is 17.5 Å². The maximum Gasteiger partial charge on any atom is 0.322 e. The maximum atomic E-state index is 12.8. The summed E-state index contributed by atoms with van der Waals surface area (Å²) in [7, 11) is 0. The number of anilines is 1. The Morgan fingerprint density at radius 1 is 1.22 bits per heavy atom. The number of urea groups is 1. The zero-order valence-corrected chi connectivity index (χ0v) is 14.7. The van der Waals surface area contributed by atoms with Crippen molar-refractivity contribution in [3.05, 3.63) is 53.3 Å². The molecule has 0 bridgehead atoms. The lowest BCUT2D eigenvalue weighted by Gasteiger charge is -2.30. The molecule has 2 aromatic rings. The fraction of sp³-hybridized carbons (Fsp3) is 0.278. The summed E-state index contributed by atoms with van der Waals surface area (Å²) >= 11 is 0. The third-order valence-corrected chi connectivity index (χ3v) is 4.73. The number of carbonyl (C=O) groups is 3. The highest BCUT2D eigenvalue weighted by atomic mass is 16.2. The molecule has 0 spiro atoms. The summed E-state index contributed by atoms with van der Waals surface area (Å²) in [4.78, 5) is 46.8. The molecule has 0 radical (unpaired) electrons. The van der Waals surface area contributed by atoms with E-state index in [1.807, 2.05) is 25.1 Å². The summed E-state index contributed by atoms with van der Waals surface area (Å²) in [5, 5.41) is 7.88. The summed E-state index contributed by atoms with van der Waals surface area (Å²) in [6.07, 6.45) is 3.14. The molecule has 1 atom stereocenters. The minimum absolute atomic E-state index is 0.0387. The second-order valence-electron chi connectivity index (χ2n) is 6.74. The molecule has 0 aliphatic carbocycles. The van der Waals surface area contributed by atoms with Crippen molar-refractivity contribution in [3.8, 4) is 0 Å². The van der Waals surface area contributed by atoms with Gasteiger partial charge in [-0.15, -0.1) is 0 Å². The van der Waals surface area contributed by atoms with Crippen LogP contribution >= 0.6 is 0 Å². The van der Waals surface area contributed by atoms with E-state index >= 15 is 0 Å². The van der Waals surface area contributed by atoms with Gasteiger partial charge < -0.3 is 15.5 Å². The van der Waals surface area contributed by atoms with Gasteiger partial charge in [0.2, 0.25) is 5.95 Å². The van der Waals surface area contributed by atoms with Crippen molar-refractivity contribution in [1.82, 2.24) is 25.5 Å². The third-order valence-electron chi connectivity index (χ3n) is 4.73. The Morgan fingerprint density at radius 2 is 2.00 bits per heavy atom. The summed E-state index contributed by atoms with van der Waals surface area (Å²) < 4.78 is 0. The lowest BCUT2D eigenvalue weighted by Crippen LogP contribution is -2.59. The molecule has 2 aliphatic rings. The van der Waals surface area contributed by atoms with Crippen molar-refractivity contribution < 1.29 is 14.4 Å². The average Bonchev–Trinajstić information content (AvgIpc) is 3.11. The quantitative estimate of drug-likeness (QED) is 0.661. The Kier molecular flexibility index (Phi) is 3.98. The van der Waals surface area contributed by atoms with E-state index in [1.165, 1.54) is 0 Å². The number of benzene rings is 1. The number of fused-ring (bicyclic) bond motifs is 1. The first kappa shape index (κ1) is 17.0. The number of amides is 4. The number of hydrogen-bond acceptors (Lipinski definition) is 6. The smallest absolute Gasteiger partial charge is 0.322 e.